The fourth-order valence-electron chi connectivity index (χ4n) is 1.55. The summed E-state index contributed by atoms with van der Waals surface area (Å²) in [7, 11) is 0. The summed E-state index contributed by atoms with van der Waals surface area (Å²) in [5.74, 6) is -1.69. The maximum absolute atomic E-state index is 13.3. The number of carbonyl (C=O) groups is 1. The summed E-state index contributed by atoms with van der Waals surface area (Å²) in [6, 6.07) is 6.17. The van der Waals surface area contributed by atoms with E-state index in [-0.39, 0.29) is 23.5 Å². The van der Waals surface area contributed by atoms with Gasteiger partial charge in [0.25, 0.3) is 5.91 Å². The molecule has 2 rings (SSSR count). The number of nitrogens with one attached hydrogen (secondary N) is 1. The Morgan fingerprint density at radius 1 is 1.32 bits per heavy atom. The molecular weight excluding hydrogens is 252 g/mol. The third-order valence-corrected chi connectivity index (χ3v) is 2.50. The van der Waals surface area contributed by atoms with E-state index in [1.54, 1.807) is 6.07 Å². The van der Waals surface area contributed by atoms with Crippen molar-refractivity contribution in [2.75, 3.05) is 5.73 Å². The summed E-state index contributed by atoms with van der Waals surface area (Å²) in [4.78, 5) is 15.6. The zero-order valence-electron chi connectivity index (χ0n) is 9.86. The molecule has 1 aromatic carbocycles. The summed E-state index contributed by atoms with van der Waals surface area (Å²) in [6.07, 6.45) is 1.42. The number of carbonyl (C=O) groups excluding carboxylic acids is 1. The van der Waals surface area contributed by atoms with Crippen LogP contribution in [0.3, 0.4) is 0 Å². The van der Waals surface area contributed by atoms with Gasteiger partial charge in [-0.15, -0.1) is 0 Å². The van der Waals surface area contributed by atoms with Crippen molar-refractivity contribution in [2.24, 2.45) is 0 Å². The Morgan fingerprint density at radius 3 is 2.84 bits per heavy atom. The lowest BCUT2D eigenvalue weighted by Gasteiger charge is -2.07. The average Bonchev–Trinajstić information content (AvgIpc) is 2.40. The van der Waals surface area contributed by atoms with Crippen LogP contribution in [0.2, 0.25) is 0 Å². The molecule has 0 aliphatic heterocycles. The van der Waals surface area contributed by atoms with Crippen molar-refractivity contribution in [2.45, 2.75) is 6.54 Å². The number of aromatic nitrogens is 1. The fraction of sp³-hybridized carbons (Fsp3) is 0.0769. The van der Waals surface area contributed by atoms with Gasteiger partial charge in [0.05, 0.1) is 5.69 Å². The second kappa shape index (κ2) is 5.43. The molecule has 0 saturated heterocycles. The summed E-state index contributed by atoms with van der Waals surface area (Å²) in [5.41, 5.74) is 5.92. The molecule has 3 N–H and O–H groups in total. The van der Waals surface area contributed by atoms with Crippen molar-refractivity contribution in [3.63, 3.8) is 0 Å². The molecule has 0 atom stereocenters. The van der Waals surface area contributed by atoms with E-state index in [1.807, 2.05) is 0 Å². The van der Waals surface area contributed by atoms with Gasteiger partial charge in [-0.05, 0) is 30.3 Å². The molecule has 0 bridgehead atoms. The number of benzene rings is 1. The van der Waals surface area contributed by atoms with Gasteiger partial charge in [-0.3, -0.25) is 4.79 Å². The molecule has 6 heteroatoms. The summed E-state index contributed by atoms with van der Waals surface area (Å²) >= 11 is 0. The molecule has 1 heterocycles. The Kier molecular flexibility index (Phi) is 3.70. The molecule has 0 aliphatic carbocycles. The highest BCUT2D eigenvalue weighted by Crippen LogP contribution is 2.10. The molecule has 1 aromatic heterocycles. The second-order valence-electron chi connectivity index (χ2n) is 3.86. The molecule has 0 radical (unpaired) electrons. The molecule has 0 spiro atoms. The number of nitrogen functional groups attached to an aromatic ring is 1. The number of hydrogen-bond donors (Lipinski definition) is 2. The van der Waals surface area contributed by atoms with Crippen molar-refractivity contribution in [3.05, 3.63) is 59.4 Å². The Bertz CT molecular complexity index is 617. The molecule has 98 valence electrons. The predicted molar refractivity (Wildman–Crippen MR) is 66.2 cm³/mol. The van der Waals surface area contributed by atoms with Crippen molar-refractivity contribution in [1.29, 1.82) is 0 Å². The zero-order chi connectivity index (χ0) is 13.8. The van der Waals surface area contributed by atoms with E-state index in [9.17, 15) is 13.6 Å². The minimum Gasteiger partial charge on any atom is -0.397 e. The van der Waals surface area contributed by atoms with Gasteiger partial charge >= 0.3 is 0 Å². The summed E-state index contributed by atoms with van der Waals surface area (Å²) in [5, 5.41) is 2.44. The average molecular weight is 263 g/mol. The number of amides is 1. The minimum absolute atomic E-state index is 0.0549. The molecule has 0 saturated carbocycles. The number of hydrogen-bond acceptors (Lipinski definition) is 3. The van der Waals surface area contributed by atoms with Crippen molar-refractivity contribution in [3.8, 4) is 0 Å². The Morgan fingerprint density at radius 2 is 2.11 bits per heavy atom. The van der Waals surface area contributed by atoms with E-state index in [0.717, 1.165) is 18.2 Å². The van der Waals surface area contributed by atoms with Crippen LogP contribution in [0.15, 0.2) is 36.5 Å². The van der Waals surface area contributed by atoms with Gasteiger partial charge in [0.2, 0.25) is 0 Å². The first-order valence-electron chi connectivity index (χ1n) is 5.50. The maximum atomic E-state index is 13.3. The van der Waals surface area contributed by atoms with Crippen LogP contribution >= 0.6 is 0 Å². The lowest BCUT2D eigenvalue weighted by Crippen LogP contribution is -2.25. The number of halogens is 2. The third kappa shape index (κ3) is 3.04. The lowest BCUT2D eigenvalue weighted by atomic mass is 10.2. The molecular formula is C13H11F2N3O. The van der Waals surface area contributed by atoms with Gasteiger partial charge in [0.15, 0.2) is 5.69 Å². The minimum atomic E-state index is -0.587. The van der Waals surface area contributed by atoms with Crippen LogP contribution in [0.5, 0.6) is 0 Å². The number of rotatable bonds is 3. The molecule has 19 heavy (non-hydrogen) atoms. The van der Waals surface area contributed by atoms with Gasteiger partial charge in [0.1, 0.15) is 11.6 Å². The molecule has 4 nitrogen and oxygen atoms in total. The molecule has 0 unspecified atom stereocenters. The van der Waals surface area contributed by atoms with Gasteiger partial charge in [-0.2, -0.15) is 0 Å². The Hall–Kier alpha value is -2.50. The number of nitrogens with zero attached hydrogens (tertiary/aromatic N) is 1. The van der Waals surface area contributed by atoms with Crippen LogP contribution in [0.1, 0.15) is 16.1 Å². The molecule has 1 amide bonds. The van der Waals surface area contributed by atoms with Crippen LogP contribution in [0, 0.1) is 11.6 Å². The topological polar surface area (TPSA) is 68.0 Å². The van der Waals surface area contributed by atoms with Gasteiger partial charge in [-0.25, -0.2) is 13.8 Å². The fourth-order valence-corrected chi connectivity index (χ4v) is 1.55. The highest BCUT2D eigenvalue weighted by molar-refractivity contribution is 5.96. The van der Waals surface area contributed by atoms with Crippen LogP contribution in [-0.2, 0) is 6.54 Å². The molecule has 0 fully saturated rings. The smallest absolute Gasteiger partial charge is 0.272 e. The predicted octanol–water partition coefficient (Wildman–Crippen LogP) is 1.87. The Balaban J connectivity index is 2.09. The Labute approximate surface area is 108 Å². The summed E-state index contributed by atoms with van der Waals surface area (Å²) < 4.78 is 26.3. The van der Waals surface area contributed by atoms with Crippen molar-refractivity contribution < 1.29 is 13.6 Å². The number of nitrogens with two attached hydrogens (primary N) is 1. The first kappa shape index (κ1) is 12.9. The highest BCUT2D eigenvalue weighted by atomic mass is 19.1. The standard InChI is InChI=1S/C13H11F2N3O/c14-9-3-4-10(15)8(6-9)7-18-13(19)12-11(16)2-1-5-17-12/h1-6H,7,16H2,(H,18,19). The SMILES string of the molecule is Nc1cccnc1C(=O)NCc1cc(F)ccc1F. The van der Waals surface area contributed by atoms with E-state index in [0.29, 0.717) is 0 Å². The van der Waals surface area contributed by atoms with Gasteiger partial charge < -0.3 is 11.1 Å². The largest absolute Gasteiger partial charge is 0.397 e. The highest BCUT2D eigenvalue weighted by Gasteiger charge is 2.11. The van der Waals surface area contributed by atoms with E-state index in [2.05, 4.69) is 10.3 Å². The third-order valence-electron chi connectivity index (χ3n) is 2.50. The van der Waals surface area contributed by atoms with E-state index in [1.165, 1.54) is 12.3 Å². The monoisotopic (exact) mass is 263 g/mol. The van der Waals surface area contributed by atoms with Crippen LogP contribution in [0.4, 0.5) is 14.5 Å². The molecule has 2 aromatic rings. The summed E-state index contributed by atoms with van der Waals surface area (Å²) in [6.45, 7) is -0.140. The quantitative estimate of drug-likeness (QED) is 0.888. The number of anilines is 1. The van der Waals surface area contributed by atoms with E-state index < -0.39 is 17.5 Å². The second-order valence-corrected chi connectivity index (χ2v) is 3.86. The van der Waals surface area contributed by atoms with Crippen molar-refractivity contribution in [1.82, 2.24) is 10.3 Å². The van der Waals surface area contributed by atoms with Gasteiger partial charge in [0, 0.05) is 18.3 Å². The first-order chi connectivity index (χ1) is 9.08. The van der Waals surface area contributed by atoms with E-state index >= 15 is 0 Å². The lowest BCUT2D eigenvalue weighted by molar-refractivity contribution is 0.0946. The maximum Gasteiger partial charge on any atom is 0.272 e. The normalized spacial score (nSPS) is 10.2. The van der Waals surface area contributed by atoms with Crippen LogP contribution in [0.25, 0.3) is 0 Å². The van der Waals surface area contributed by atoms with Crippen LogP contribution in [-0.4, -0.2) is 10.9 Å². The van der Waals surface area contributed by atoms with E-state index in [4.69, 9.17) is 5.73 Å². The zero-order valence-corrected chi connectivity index (χ0v) is 9.86. The van der Waals surface area contributed by atoms with Gasteiger partial charge in [-0.1, -0.05) is 0 Å². The molecule has 0 aliphatic rings. The number of pyridine rings is 1. The van der Waals surface area contributed by atoms with Crippen LogP contribution < -0.4 is 11.1 Å². The van der Waals surface area contributed by atoms with Crippen molar-refractivity contribution >= 4 is 11.6 Å². The first-order valence-corrected chi connectivity index (χ1v) is 5.50.